The van der Waals surface area contributed by atoms with E-state index in [1.807, 2.05) is 36.5 Å². The van der Waals surface area contributed by atoms with Crippen molar-refractivity contribution < 1.29 is 4.79 Å². The molecule has 0 bridgehead atoms. The van der Waals surface area contributed by atoms with Gasteiger partial charge in [0.25, 0.3) is 0 Å². The third-order valence-corrected chi connectivity index (χ3v) is 2.47. The van der Waals surface area contributed by atoms with E-state index >= 15 is 0 Å². The number of carbonyl (C=O) groups is 1. The summed E-state index contributed by atoms with van der Waals surface area (Å²) in [4.78, 5) is 16.1. The largest absolute Gasteiger partial charge is 0.361 e. The topological polar surface area (TPSA) is 36.1 Å². The molecule has 0 aliphatic rings. The number of hydrogen-bond acceptors (Lipinski definition) is 1. The highest BCUT2D eigenvalue weighted by molar-refractivity contribution is 5.95. The van der Waals surface area contributed by atoms with Gasteiger partial charge in [0.15, 0.2) is 0 Å². The first-order valence-electron chi connectivity index (χ1n) is 5.14. The summed E-state index contributed by atoms with van der Waals surface area (Å²) >= 11 is 0. The molecule has 1 aromatic carbocycles. The van der Waals surface area contributed by atoms with Crippen LogP contribution in [0.15, 0.2) is 36.5 Å². The van der Waals surface area contributed by atoms with Gasteiger partial charge in [-0.3, -0.25) is 4.79 Å². The average molecular weight is 214 g/mol. The van der Waals surface area contributed by atoms with Crippen molar-refractivity contribution in [3.63, 3.8) is 0 Å². The molecule has 1 heterocycles. The first-order chi connectivity index (χ1) is 7.68. The Labute approximate surface area is 94.4 Å². The smallest absolute Gasteiger partial charge is 0.246 e. The summed E-state index contributed by atoms with van der Waals surface area (Å²) in [6.07, 6.45) is 5.32. The molecule has 82 valence electrons. The Morgan fingerprint density at radius 3 is 2.81 bits per heavy atom. The van der Waals surface area contributed by atoms with Crippen LogP contribution in [-0.4, -0.2) is 29.9 Å². The number of aromatic nitrogens is 1. The quantitative estimate of drug-likeness (QED) is 0.765. The summed E-state index contributed by atoms with van der Waals surface area (Å²) in [5.41, 5.74) is 2.12. The monoisotopic (exact) mass is 214 g/mol. The number of fused-ring (bicyclic) bond motifs is 1. The predicted octanol–water partition coefficient (Wildman–Crippen LogP) is 2.27. The van der Waals surface area contributed by atoms with Crippen LogP contribution in [0.5, 0.6) is 0 Å². The Kier molecular flexibility index (Phi) is 2.77. The SMILES string of the molecule is CN(C)C(=O)C=Cc1c[nH]c2ccccc12. The lowest BCUT2D eigenvalue weighted by atomic mass is 10.1. The van der Waals surface area contributed by atoms with Gasteiger partial charge in [0.2, 0.25) is 5.91 Å². The van der Waals surface area contributed by atoms with Crippen LogP contribution in [0, 0.1) is 0 Å². The van der Waals surface area contributed by atoms with Crippen LogP contribution >= 0.6 is 0 Å². The van der Waals surface area contributed by atoms with Crippen LogP contribution in [0.2, 0.25) is 0 Å². The summed E-state index contributed by atoms with van der Waals surface area (Å²) in [6.45, 7) is 0. The lowest BCUT2D eigenvalue weighted by Gasteiger charge is -2.04. The maximum absolute atomic E-state index is 11.4. The van der Waals surface area contributed by atoms with Gasteiger partial charge >= 0.3 is 0 Å². The first kappa shape index (κ1) is 10.5. The highest BCUT2D eigenvalue weighted by atomic mass is 16.2. The highest BCUT2D eigenvalue weighted by Gasteiger charge is 2.01. The number of likely N-dealkylation sites (N-methyl/N-ethyl adjacent to an activating group) is 1. The molecule has 1 amide bonds. The van der Waals surface area contributed by atoms with E-state index in [4.69, 9.17) is 0 Å². The van der Waals surface area contributed by atoms with Gasteiger partial charge in [0.1, 0.15) is 0 Å². The predicted molar refractivity (Wildman–Crippen MR) is 66.0 cm³/mol. The molecule has 0 saturated heterocycles. The van der Waals surface area contributed by atoms with Crippen molar-refractivity contribution in [3.05, 3.63) is 42.1 Å². The first-order valence-corrected chi connectivity index (χ1v) is 5.14. The van der Waals surface area contributed by atoms with E-state index in [1.165, 1.54) is 0 Å². The van der Waals surface area contributed by atoms with E-state index in [9.17, 15) is 4.79 Å². The fourth-order valence-electron chi connectivity index (χ4n) is 1.54. The zero-order valence-electron chi connectivity index (χ0n) is 9.40. The number of H-pyrrole nitrogens is 1. The molecule has 3 heteroatoms. The number of rotatable bonds is 2. The molecule has 0 radical (unpaired) electrons. The summed E-state index contributed by atoms with van der Waals surface area (Å²) in [7, 11) is 3.48. The summed E-state index contributed by atoms with van der Waals surface area (Å²) in [5.74, 6) is -0.00900. The Balaban J connectivity index is 2.31. The molecule has 1 N–H and O–H groups in total. The third kappa shape index (κ3) is 1.98. The lowest BCUT2D eigenvalue weighted by molar-refractivity contribution is -0.123. The van der Waals surface area contributed by atoms with E-state index in [-0.39, 0.29) is 5.91 Å². The lowest BCUT2D eigenvalue weighted by Crippen LogP contribution is -2.18. The van der Waals surface area contributed by atoms with E-state index < -0.39 is 0 Å². The molecule has 2 rings (SSSR count). The van der Waals surface area contributed by atoms with Gasteiger partial charge in [-0.15, -0.1) is 0 Å². The van der Waals surface area contributed by atoms with Crippen molar-refractivity contribution in [2.75, 3.05) is 14.1 Å². The maximum Gasteiger partial charge on any atom is 0.246 e. The Morgan fingerprint density at radius 2 is 2.06 bits per heavy atom. The Morgan fingerprint density at radius 1 is 1.31 bits per heavy atom. The fourth-order valence-corrected chi connectivity index (χ4v) is 1.54. The fraction of sp³-hybridized carbons (Fsp3) is 0.154. The van der Waals surface area contributed by atoms with Gasteiger partial charge in [-0.05, 0) is 17.7 Å². The highest BCUT2D eigenvalue weighted by Crippen LogP contribution is 2.18. The van der Waals surface area contributed by atoms with Crippen molar-refractivity contribution in [2.24, 2.45) is 0 Å². The van der Waals surface area contributed by atoms with Gasteiger partial charge < -0.3 is 9.88 Å². The van der Waals surface area contributed by atoms with Crippen molar-refractivity contribution in [2.45, 2.75) is 0 Å². The molecule has 3 nitrogen and oxygen atoms in total. The maximum atomic E-state index is 11.4. The molecular weight excluding hydrogens is 200 g/mol. The van der Waals surface area contributed by atoms with Crippen molar-refractivity contribution >= 4 is 22.9 Å². The third-order valence-electron chi connectivity index (χ3n) is 2.47. The zero-order valence-corrected chi connectivity index (χ0v) is 9.40. The van der Waals surface area contributed by atoms with Crippen LogP contribution in [0.25, 0.3) is 17.0 Å². The number of aromatic amines is 1. The summed E-state index contributed by atoms with van der Waals surface area (Å²) in [6, 6.07) is 8.02. The zero-order chi connectivity index (χ0) is 11.5. The number of nitrogens with one attached hydrogen (secondary N) is 1. The van der Waals surface area contributed by atoms with Crippen molar-refractivity contribution in [1.82, 2.24) is 9.88 Å². The molecule has 1 aromatic heterocycles. The van der Waals surface area contributed by atoms with Crippen molar-refractivity contribution in [1.29, 1.82) is 0 Å². The molecule has 2 aromatic rings. The Hall–Kier alpha value is -2.03. The molecule has 16 heavy (non-hydrogen) atoms. The van der Waals surface area contributed by atoms with E-state index in [1.54, 1.807) is 25.1 Å². The van der Waals surface area contributed by atoms with E-state index in [0.29, 0.717) is 0 Å². The number of amides is 1. The molecule has 0 unspecified atom stereocenters. The molecular formula is C13H14N2O. The van der Waals surface area contributed by atoms with Crippen LogP contribution < -0.4 is 0 Å². The van der Waals surface area contributed by atoms with Gasteiger partial charge in [-0.1, -0.05) is 18.2 Å². The molecule has 0 fully saturated rings. The van der Waals surface area contributed by atoms with Gasteiger partial charge in [0, 0.05) is 37.3 Å². The standard InChI is InChI=1S/C13H14N2O/c1-15(2)13(16)8-7-10-9-14-12-6-4-3-5-11(10)12/h3-9,14H,1-2H3. The average Bonchev–Trinajstić information content (AvgIpc) is 2.69. The minimum Gasteiger partial charge on any atom is -0.361 e. The van der Waals surface area contributed by atoms with Crippen LogP contribution in [0.3, 0.4) is 0 Å². The van der Waals surface area contributed by atoms with Crippen LogP contribution in [0.1, 0.15) is 5.56 Å². The normalized spacial score (nSPS) is 11.1. The minimum absolute atomic E-state index is 0.00900. The van der Waals surface area contributed by atoms with E-state index in [2.05, 4.69) is 4.98 Å². The second kappa shape index (κ2) is 4.23. The van der Waals surface area contributed by atoms with Crippen LogP contribution in [-0.2, 0) is 4.79 Å². The van der Waals surface area contributed by atoms with Gasteiger partial charge in [-0.2, -0.15) is 0 Å². The molecule has 0 spiro atoms. The molecule has 0 aliphatic heterocycles. The van der Waals surface area contributed by atoms with E-state index in [0.717, 1.165) is 16.5 Å². The minimum atomic E-state index is -0.00900. The number of para-hydroxylation sites is 1. The number of nitrogens with zero attached hydrogens (tertiary/aromatic N) is 1. The van der Waals surface area contributed by atoms with Gasteiger partial charge in [0.05, 0.1) is 0 Å². The second-order valence-electron chi connectivity index (χ2n) is 3.86. The summed E-state index contributed by atoms with van der Waals surface area (Å²) in [5, 5.41) is 1.13. The van der Waals surface area contributed by atoms with Crippen molar-refractivity contribution in [3.8, 4) is 0 Å². The summed E-state index contributed by atoms with van der Waals surface area (Å²) < 4.78 is 0. The number of benzene rings is 1. The number of carbonyl (C=O) groups excluding carboxylic acids is 1. The molecule has 0 saturated carbocycles. The molecule has 0 atom stereocenters. The van der Waals surface area contributed by atoms with Crippen LogP contribution in [0.4, 0.5) is 0 Å². The number of hydrogen-bond donors (Lipinski definition) is 1. The molecule has 0 aliphatic carbocycles. The van der Waals surface area contributed by atoms with Gasteiger partial charge in [-0.25, -0.2) is 0 Å². The second-order valence-corrected chi connectivity index (χ2v) is 3.86. The Bertz CT molecular complexity index is 538.